The van der Waals surface area contributed by atoms with Crippen molar-refractivity contribution in [2.75, 3.05) is 0 Å². The van der Waals surface area contributed by atoms with Crippen LogP contribution >= 0.6 is 0 Å². The summed E-state index contributed by atoms with van der Waals surface area (Å²) in [5.41, 5.74) is 11.0. The molecule has 8 aromatic carbocycles. The number of nitrogens with zero attached hydrogens (tertiary/aromatic N) is 2. The molecule has 0 saturated carbocycles. The molecular formula is C48H30N2O. The Bertz CT molecular complexity index is 2830. The second kappa shape index (κ2) is 11.9. The third-order valence-corrected chi connectivity index (χ3v) is 9.91. The summed E-state index contributed by atoms with van der Waals surface area (Å²) in [7, 11) is 0. The van der Waals surface area contributed by atoms with Gasteiger partial charge in [0.15, 0.2) is 5.82 Å². The lowest BCUT2D eigenvalue weighted by atomic mass is 9.93. The van der Waals surface area contributed by atoms with Gasteiger partial charge < -0.3 is 4.42 Å². The Balaban J connectivity index is 1.21. The lowest BCUT2D eigenvalue weighted by Crippen LogP contribution is -1.96. The number of hydrogen-bond donors (Lipinski definition) is 0. The van der Waals surface area contributed by atoms with Gasteiger partial charge in [-0.2, -0.15) is 0 Å². The number of hydrogen-bond acceptors (Lipinski definition) is 3. The van der Waals surface area contributed by atoms with Crippen molar-refractivity contribution in [2.45, 2.75) is 0 Å². The highest BCUT2D eigenvalue weighted by Crippen LogP contribution is 2.44. The van der Waals surface area contributed by atoms with Crippen LogP contribution in [0.5, 0.6) is 0 Å². The first kappa shape index (κ1) is 29.1. The molecule has 0 fully saturated rings. The highest BCUT2D eigenvalue weighted by Gasteiger charge is 2.21. The Labute approximate surface area is 295 Å². The van der Waals surface area contributed by atoms with Gasteiger partial charge in [0.25, 0.3) is 0 Å². The van der Waals surface area contributed by atoms with Gasteiger partial charge in [-0.3, -0.25) is 0 Å². The van der Waals surface area contributed by atoms with Gasteiger partial charge in [0.2, 0.25) is 0 Å². The van der Waals surface area contributed by atoms with E-state index in [-0.39, 0.29) is 0 Å². The highest BCUT2D eigenvalue weighted by atomic mass is 16.3. The maximum absolute atomic E-state index is 6.97. The zero-order valence-corrected chi connectivity index (χ0v) is 27.6. The summed E-state index contributed by atoms with van der Waals surface area (Å²) in [6.45, 7) is 0. The molecule has 0 bridgehead atoms. The van der Waals surface area contributed by atoms with Crippen LogP contribution in [0.25, 0.3) is 99.6 Å². The first-order chi connectivity index (χ1) is 25.3. The molecule has 0 spiro atoms. The van der Waals surface area contributed by atoms with E-state index in [4.69, 9.17) is 14.4 Å². The van der Waals surface area contributed by atoms with Crippen LogP contribution in [0, 0.1) is 0 Å². The van der Waals surface area contributed by atoms with Crippen molar-refractivity contribution in [1.82, 2.24) is 9.97 Å². The molecule has 10 rings (SSSR count). The molecule has 2 heterocycles. The second-order valence-corrected chi connectivity index (χ2v) is 12.9. The fourth-order valence-corrected chi connectivity index (χ4v) is 7.41. The molecule has 0 aliphatic carbocycles. The van der Waals surface area contributed by atoms with E-state index in [2.05, 4.69) is 146 Å². The van der Waals surface area contributed by atoms with Crippen LogP contribution in [-0.2, 0) is 0 Å². The van der Waals surface area contributed by atoms with Crippen molar-refractivity contribution >= 4 is 43.5 Å². The third-order valence-electron chi connectivity index (χ3n) is 9.91. The Morgan fingerprint density at radius 2 is 0.922 bits per heavy atom. The molecule has 2 aromatic heterocycles. The van der Waals surface area contributed by atoms with Crippen molar-refractivity contribution < 1.29 is 4.42 Å². The Kier molecular flexibility index (Phi) is 6.81. The first-order valence-corrected chi connectivity index (χ1v) is 17.2. The standard InChI is InChI=1S/C48H30N2O/c1-3-14-35(15-4-1)43-30-44(50-48(49-43)36-16-5-2-6-17-36)41-29-28-40(47-45(41)42-27-26-32-13-8-10-20-39(32)46(42)51-47)34-24-22-33(23-25-34)38-21-11-18-31-12-7-9-19-37(31)38/h1-30H. The SMILES string of the molecule is c1ccc(-c2cc(-c3ccc(-c4ccc(-c5cccc6ccccc56)cc4)c4oc5c6ccccc6ccc5c34)nc(-c3ccccc3)n2)cc1. The van der Waals surface area contributed by atoms with Crippen LogP contribution in [0.2, 0.25) is 0 Å². The monoisotopic (exact) mass is 650 g/mol. The lowest BCUT2D eigenvalue weighted by molar-refractivity contribution is 0.674. The molecule has 10 aromatic rings. The van der Waals surface area contributed by atoms with Gasteiger partial charge in [-0.15, -0.1) is 0 Å². The number of benzene rings is 8. The minimum Gasteiger partial charge on any atom is -0.455 e. The second-order valence-electron chi connectivity index (χ2n) is 12.9. The van der Waals surface area contributed by atoms with Crippen molar-refractivity contribution in [3.63, 3.8) is 0 Å². The normalized spacial score (nSPS) is 11.5. The summed E-state index contributed by atoms with van der Waals surface area (Å²) < 4.78 is 6.97. The van der Waals surface area contributed by atoms with E-state index >= 15 is 0 Å². The van der Waals surface area contributed by atoms with Gasteiger partial charge in [0.1, 0.15) is 11.2 Å². The van der Waals surface area contributed by atoms with Gasteiger partial charge in [-0.05, 0) is 51.0 Å². The van der Waals surface area contributed by atoms with Crippen LogP contribution in [0.1, 0.15) is 0 Å². The summed E-state index contributed by atoms with van der Waals surface area (Å²) in [5, 5.41) is 6.83. The van der Waals surface area contributed by atoms with E-state index in [1.807, 2.05) is 36.4 Å². The smallest absolute Gasteiger partial charge is 0.160 e. The van der Waals surface area contributed by atoms with E-state index < -0.39 is 0 Å². The quantitative estimate of drug-likeness (QED) is 0.186. The topological polar surface area (TPSA) is 38.9 Å². The predicted molar refractivity (Wildman–Crippen MR) is 212 cm³/mol. The average molecular weight is 651 g/mol. The fraction of sp³-hybridized carbons (Fsp3) is 0. The minimum absolute atomic E-state index is 0.687. The summed E-state index contributed by atoms with van der Waals surface area (Å²) in [6.07, 6.45) is 0. The van der Waals surface area contributed by atoms with E-state index in [9.17, 15) is 0 Å². The van der Waals surface area contributed by atoms with Crippen LogP contribution < -0.4 is 0 Å². The van der Waals surface area contributed by atoms with E-state index in [1.54, 1.807) is 0 Å². The fourth-order valence-electron chi connectivity index (χ4n) is 7.41. The van der Waals surface area contributed by atoms with Crippen LogP contribution in [-0.4, -0.2) is 9.97 Å². The molecule has 0 unspecified atom stereocenters. The van der Waals surface area contributed by atoms with Gasteiger partial charge in [-0.1, -0.05) is 164 Å². The van der Waals surface area contributed by atoms with Crippen LogP contribution in [0.3, 0.4) is 0 Å². The number of aromatic nitrogens is 2. The molecule has 0 saturated heterocycles. The molecule has 3 nitrogen and oxygen atoms in total. The first-order valence-electron chi connectivity index (χ1n) is 17.2. The molecule has 0 aliphatic heterocycles. The number of furan rings is 1. The lowest BCUT2D eigenvalue weighted by Gasteiger charge is -2.12. The van der Waals surface area contributed by atoms with Crippen molar-refractivity contribution in [2.24, 2.45) is 0 Å². The molecule has 0 N–H and O–H groups in total. The number of fused-ring (bicyclic) bond motifs is 6. The molecule has 51 heavy (non-hydrogen) atoms. The molecule has 0 radical (unpaired) electrons. The molecule has 238 valence electrons. The van der Waals surface area contributed by atoms with Crippen molar-refractivity contribution in [3.8, 4) is 56.2 Å². The average Bonchev–Trinajstić information content (AvgIpc) is 3.61. The van der Waals surface area contributed by atoms with E-state index in [1.165, 1.54) is 21.9 Å². The Morgan fingerprint density at radius 3 is 1.69 bits per heavy atom. The van der Waals surface area contributed by atoms with Crippen molar-refractivity contribution in [3.05, 3.63) is 182 Å². The van der Waals surface area contributed by atoms with Crippen molar-refractivity contribution in [1.29, 1.82) is 0 Å². The Hall–Kier alpha value is -6.84. The molecule has 0 aliphatic rings. The highest BCUT2D eigenvalue weighted by molar-refractivity contribution is 6.21. The van der Waals surface area contributed by atoms with E-state index in [0.29, 0.717) is 5.82 Å². The van der Waals surface area contributed by atoms with Crippen LogP contribution in [0.4, 0.5) is 0 Å². The summed E-state index contributed by atoms with van der Waals surface area (Å²) >= 11 is 0. The minimum atomic E-state index is 0.687. The maximum Gasteiger partial charge on any atom is 0.160 e. The Morgan fingerprint density at radius 1 is 0.333 bits per heavy atom. The maximum atomic E-state index is 6.97. The van der Waals surface area contributed by atoms with Gasteiger partial charge in [-0.25, -0.2) is 9.97 Å². The van der Waals surface area contributed by atoms with Gasteiger partial charge >= 0.3 is 0 Å². The van der Waals surface area contributed by atoms with Gasteiger partial charge in [0.05, 0.1) is 11.4 Å². The third kappa shape index (κ3) is 4.98. The summed E-state index contributed by atoms with van der Waals surface area (Å²) in [5.74, 6) is 0.687. The number of rotatable bonds is 5. The summed E-state index contributed by atoms with van der Waals surface area (Å²) in [4.78, 5) is 10.3. The van der Waals surface area contributed by atoms with Gasteiger partial charge in [0, 0.05) is 38.4 Å². The van der Waals surface area contributed by atoms with Crippen LogP contribution in [0.15, 0.2) is 186 Å². The molecule has 0 amide bonds. The van der Waals surface area contributed by atoms with E-state index in [0.717, 1.165) is 71.9 Å². The summed E-state index contributed by atoms with van der Waals surface area (Å²) in [6, 6.07) is 63.7. The zero-order chi connectivity index (χ0) is 33.7. The molecule has 0 atom stereocenters. The molecular weight excluding hydrogens is 621 g/mol. The molecule has 3 heteroatoms. The predicted octanol–water partition coefficient (Wildman–Crippen LogP) is 13.0. The largest absolute Gasteiger partial charge is 0.455 e. The zero-order valence-electron chi connectivity index (χ0n) is 27.6.